The van der Waals surface area contributed by atoms with E-state index in [0.29, 0.717) is 22.7 Å². The van der Waals surface area contributed by atoms with Crippen molar-refractivity contribution in [2.45, 2.75) is 24.3 Å². The van der Waals surface area contributed by atoms with Crippen LogP contribution in [0.1, 0.15) is 22.9 Å². The molecule has 3 rings (SSSR count). The van der Waals surface area contributed by atoms with Crippen LogP contribution in [-0.4, -0.2) is 18.5 Å². The summed E-state index contributed by atoms with van der Waals surface area (Å²) in [6, 6.07) is 14.0. The monoisotopic (exact) mass is 408 g/mol. The van der Waals surface area contributed by atoms with Crippen molar-refractivity contribution in [1.29, 1.82) is 0 Å². The van der Waals surface area contributed by atoms with Gasteiger partial charge in [-0.1, -0.05) is 48.0 Å². The van der Waals surface area contributed by atoms with Crippen molar-refractivity contribution >= 4 is 38.1 Å². The Morgan fingerprint density at radius 3 is 2.65 bits per heavy atom. The van der Waals surface area contributed by atoms with Gasteiger partial charge >= 0.3 is 0 Å². The Bertz CT molecular complexity index is 1000. The minimum atomic E-state index is -3.78. The summed E-state index contributed by atoms with van der Waals surface area (Å²) >= 11 is 7.18. The second kappa shape index (κ2) is 7.75. The van der Waals surface area contributed by atoms with Crippen LogP contribution in [0.3, 0.4) is 0 Å². The third-order valence-corrected chi connectivity index (χ3v) is 6.70. The van der Waals surface area contributed by atoms with Gasteiger partial charge in [0.25, 0.3) is 10.0 Å². The molecule has 136 valence electrons. The maximum Gasteiger partial charge on any atom is 0.263 e. The number of halogens is 1. The SMILES string of the molecule is Cc1c(Cl)cccc1S(=O)(=O)Nc1nc(CC(O)c2ccccc2)cs1. The first-order valence-corrected chi connectivity index (χ1v) is 10.6. The predicted molar refractivity (Wildman–Crippen MR) is 104 cm³/mol. The standard InChI is InChI=1S/C18H17ClN2O3S2/c1-12-15(19)8-5-9-17(12)26(23,24)21-18-20-14(11-25-18)10-16(22)13-6-3-2-4-7-13/h2-9,11,16,22H,10H2,1H3,(H,20,21). The molecule has 0 aliphatic carbocycles. The fourth-order valence-electron chi connectivity index (χ4n) is 2.49. The summed E-state index contributed by atoms with van der Waals surface area (Å²) in [6.07, 6.45) is -0.392. The smallest absolute Gasteiger partial charge is 0.263 e. The molecule has 0 saturated carbocycles. The van der Waals surface area contributed by atoms with Crippen LogP contribution < -0.4 is 4.72 Å². The topological polar surface area (TPSA) is 79.3 Å². The second-order valence-electron chi connectivity index (χ2n) is 5.74. The number of rotatable bonds is 6. The fourth-order valence-corrected chi connectivity index (χ4v) is 4.96. The number of nitrogens with zero attached hydrogens (tertiary/aromatic N) is 1. The van der Waals surface area contributed by atoms with Crippen LogP contribution in [0.25, 0.3) is 0 Å². The Balaban J connectivity index is 1.75. The minimum absolute atomic E-state index is 0.117. The van der Waals surface area contributed by atoms with E-state index in [1.54, 1.807) is 24.4 Å². The molecule has 1 aromatic heterocycles. The van der Waals surface area contributed by atoms with Gasteiger partial charge in [-0.2, -0.15) is 0 Å². The molecule has 0 saturated heterocycles. The number of aliphatic hydroxyl groups is 1. The maximum atomic E-state index is 12.6. The van der Waals surface area contributed by atoms with Gasteiger partial charge in [-0.05, 0) is 30.2 Å². The van der Waals surface area contributed by atoms with Crippen molar-refractivity contribution in [3.05, 3.63) is 75.8 Å². The van der Waals surface area contributed by atoms with Crippen LogP contribution in [0.4, 0.5) is 5.13 Å². The first-order valence-electron chi connectivity index (χ1n) is 7.82. The molecule has 8 heteroatoms. The average Bonchev–Trinajstić information content (AvgIpc) is 3.04. The van der Waals surface area contributed by atoms with E-state index in [-0.39, 0.29) is 10.0 Å². The largest absolute Gasteiger partial charge is 0.388 e. The Labute approximate surface area is 161 Å². The van der Waals surface area contributed by atoms with Gasteiger partial charge in [0.2, 0.25) is 0 Å². The maximum absolute atomic E-state index is 12.6. The van der Waals surface area contributed by atoms with E-state index in [0.717, 1.165) is 5.56 Å². The zero-order valence-electron chi connectivity index (χ0n) is 13.9. The van der Waals surface area contributed by atoms with Crippen LogP contribution in [0.15, 0.2) is 58.8 Å². The zero-order valence-corrected chi connectivity index (χ0v) is 16.3. The van der Waals surface area contributed by atoms with Crippen molar-refractivity contribution in [3.63, 3.8) is 0 Å². The highest BCUT2D eigenvalue weighted by Gasteiger charge is 2.20. The highest BCUT2D eigenvalue weighted by Crippen LogP contribution is 2.27. The van der Waals surface area contributed by atoms with Gasteiger partial charge in [0.1, 0.15) is 0 Å². The quantitative estimate of drug-likeness (QED) is 0.641. The van der Waals surface area contributed by atoms with Crippen LogP contribution in [0, 0.1) is 6.92 Å². The molecule has 26 heavy (non-hydrogen) atoms. The summed E-state index contributed by atoms with van der Waals surface area (Å²) in [5.74, 6) is 0. The summed E-state index contributed by atoms with van der Waals surface area (Å²) in [5.41, 5.74) is 1.89. The normalized spacial score (nSPS) is 12.7. The van der Waals surface area contributed by atoms with Gasteiger partial charge in [0, 0.05) is 16.8 Å². The van der Waals surface area contributed by atoms with E-state index in [4.69, 9.17) is 11.6 Å². The Morgan fingerprint density at radius 2 is 1.92 bits per heavy atom. The molecule has 1 heterocycles. The lowest BCUT2D eigenvalue weighted by Gasteiger charge is -2.10. The molecular weight excluding hydrogens is 392 g/mol. The molecule has 1 atom stereocenters. The molecular formula is C18H17ClN2O3S2. The first kappa shape index (κ1) is 18.8. The Hall–Kier alpha value is -1.93. The molecule has 2 aromatic carbocycles. The van der Waals surface area contributed by atoms with E-state index < -0.39 is 16.1 Å². The van der Waals surface area contributed by atoms with Crippen molar-refractivity contribution in [1.82, 2.24) is 4.98 Å². The van der Waals surface area contributed by atoms with Crippen molar-refractivity contribution < 1.29 is 13.5 Å². The molecule has 0 bridgehead atoms. The number of sulfonamides is 1. The summed E-state index contributed by atoms with van der Waals surface area (Å²) < 4.78 is 27.6. The van der Waals surface area contributed by atoms with Crippen LogP contribution in [0.2, 0.25) is 5.02 Å². The van der Waals surface area contributed by atoms with Gasteiger partial charge in [-0.25, -0.2) is 13.4 Å². The van der Waals surface area contributed by atoms with Crippen LogP contribution in [0.5, 0.6) is 0 Å². The number of hydrogen-bond donors (Lipinski definition) is 2. The van der Waals surface area contributed by atoms with Crippen molar-refractivity contribution in [2.75, 3.05) is 4.72 Å². The number of thiazole rings is 1. The molecule has 0 fully saturated rings. The van der Waals surface area contributed by atoms with Gasteiger partial charge in [0.15, 0.2) is 5.13 Å². The van der Waals surface area contributed by atoms with Gasteiger partial charge in [0.05, 0.1) is 16.7 Å². The lowest BCUT2D eigenvalue weighted by Crippen LogP contribution is -2.14. The summed E-state index contributed by atoms with van der Waals surface area (Å²) in [6.45, 7) is 1.65. The number of anilines is 1. The summed E-state index contributed by atoms with van der Waals surface area (Å²) in [4.78, 5) is 4.39. The predicted octanol–water partition coefficient (Wildman–Crippen LogP) is 4.18. The molecule has 5 nitrogen and oxygen atoms in total. The van der Waals surface area contributed by atoms with Crippen LogP contribution >= 0.6 is 22.9 Å². The number of nitrogens with one attached hydrogen (secondary N) is 1. The Kier molecular flexibility index (Phi) is 5.62. The molecule has 1 unspecified atom stereocenters. The Morgan fingerprint density at radius 1 is 1.19 bits per heavy atom. The van der Waals surface area contributed by atoms with Crippen molar-refractivity contribution in [2.24, 2.45) is 0 Å². The van der Waals surface area contributed by atoms with Crippen LogP contribution in [-0.2, 0) is 16.4 Å². The highest BCUT2D eigenvalue weighted by atomic mass is 35.5. The third kappa shape index (κ3) is 4.24. The molecule has 0 aliphatic heterocycles. The zero-order chi connectivity index (χ0) is 18.7. The molecule has 0 radical (unpaired) electrons. The van der Waals surface area contributed by atoms with Crippen molar-refractivity contribution in [3.8, 4) is 0 Å². The highest BCUT2D eigenvalue weighted by molar-refractivity contribution is 7.93. The van der Waals surface area contributed by atoms with E-state index in [9.17, 15) is 13.5 Å². The van der Waals surface area contributed by atoms with E-state index in [1.807, 2.05) is 30.3 Å². The molecule has 0 spiro atoms. The van der Waals surface area contributed by atoms with Gasteiger partial charge in [-0.15, -0.1) is 11.3 Å². The lowest BCUT2D eigenvalue weighted by molar-refractivity contribution is 0.177. The summed E-state index contributed by atoms with van der Waals surface area (Å²) in [5, 5.41) is 12.6. The van der Waals surface area contributed by atoms with E-state index in [1.165, 1.54) is 17.4 Å². The summed E-state index contributed by atoms with van der Waals surface area (Å²) in [7, 11) is -3.78. The second-order valence-corrected chi connectivity index (χ2v) is 8.66. The molecule has 3 aromatic rings. The van der Waals surface area contributed by atoms with Gasteiger partial charge < -0.3 is 5.11 Å². The lowest BCUT2D eigenvalue weighted by atomic mass is 10.1. The third-order valence-electron chi connectivity index (χ3n) is 3.87. The van der Waals surface area contributed by atoms with E-state index >= 15 is 0 Å². The molecule has 2 N–H and O–H groups in total. The minimum Gasteiger partial charge on any atom is -0.388 e. The van der Waals surface area contributed by atoms with E-state index in [2.05, 4.69) is 9.71 Å². The molecule has 0 amide bonds. The average molecular weight is 409 g/mol. The first-order chi connectivity index (χ1) is 12.4. The number of benzene rings is 2. The number of hydrogen-bond acceptors (Lipinski definition) is 5. The fraction of sp³-hybridized carbons (Fsp3) is 0.167. The molecule has 0 aliphatic rings. The van der Waals surface area contributed by atoms with Gasteiger partial charge in [-0.3, -0.25) is 4.72 Å². The number of aromatic nitrogens is 1. The number of aliphatic hydroxyl groups excluding tert-OH is 1.